The third-order valence-corrected chi connectivity index (χ3v) is 5.48. The molecule has 2 unspecified atom stereocenters. The maximum absolute atomic E-state index is 13.5. The molecule has 0 bridgehead atoms. The van der Waals surface area contributed by atoms with E-state index in [9.17, 15) is 17.4 Å². The maximum Gasteiger partial charge on any atom is 0.368 e. The second-order valence-corrected chi connectivity index (χ2v) is 8.29. The minimum absolute atomic E-state index is 0.0521. The number of halogens is 1. The maximum atomic E-state index is 13.5. The van der Waals surface area contributed by atoms with Gasteiger partial charge in [0.1, 0.15) is 11.3 Å². The first-order chi connectivity index (χ1) is 13.6. The van der Waals surface area contributed by atoms with Gasteiger partial charge in [-0.3, -0.25) is 9.55 Å². The summed E-state index contributed by atoms with van der Waals surface area (Å²) >= 11 is 0. The van der Waals surface area contributed by atoms with E-state index in [-0.39, 0.29) is 22.8 Å². The van der Waals surface area contributed by atoms with E-state index in [0.29, 0.717) is 9.54 Å². The molecule has 0 saturated carbocycles. The van der Waals surface area contributed by atoms with Gasteiger partial charge in [-0.15, -0.1) is 0 Å². The first-order valence-corrected chi connectivity index (χ1v) is 10.1. The first-order valence-electron chi connectivity index (χ1n) is 8.73. The monoisotopic (exact) mass is 419 g/mol. The van der Waals surface area contributed by atoms with Crippen molar-refractivity contribution in [3.05, 3.63) is 53.5 Å². The van der Waals surface area contributed by atoms with Gasteiger partial charge in [0.05, 0.1) is 5.69 Å². The first kappa shape index (κ1) is 19.4. The van der Waals surface area contributed by atoms with Gasteiger partial charge in [-0.25, -0.2) is 14.4 Å². The Morgan fingerprint density at radius 2 is 1.90 bits per heavy atom. The van der Waals surface area contributed by atoms with Crippen LogP contribution in [-0.4, -0.2) is 39.4 Å². The van der Waals surface area contributed by atoms with Gasteiger partial charge in [0, 0.05) is 12.1 Å². The molecule has 2 atom stereocenters. The molecule has 0 spiro atoms. The van der Waals surface area contributed by atoms with E-state index in [4.69, 9.17) is 10.5 Å². The molecular weight excluding hydrogens is 401 g/mol. The van der Waals surface area contributed by atoms with Crippen molar-refractivity contribution in [2.24, 2.45) is 10.9 Å². The van der Waals surface area contributed by atoms with Gasteiger partial charge in [-0.2, -0.15) is 12.4 Å². The third-order valence-electron chi connectivity index (χ3n) is 4.65. The van der Waals surface area contributed by atoms with Gasteiger partial charge >= 0.3 is 10.3 Å². The van der Waals surface area contributed by atoms with Gasteiger partial charge in [-0.05, 0) is 29.8 Å². The Bertz CT molecular complexity index is 1220. The van der Waals surface area contributed by atoms with E-state index >= 15 is 0 Å². The second-order valence-electron chi connectivity index (χ2n) is 7.02. The minimum Gasteiger partial charge on any atom is -0.368 e. The SMILES string of the molecule is CC(C)C1N=CC(c2ccc(F)cc2)(c2ccc3nc(N)n(S(=O)(=O)O)c3n2)O1. The van der Waals surface area contributed by atoms with Crippen molar-refractivity contribution in [2.75, 3.05) is 5.73 Å². The zero-order chi connectivity index (χ0) is 21.0. The van der Waals surface area contributed by atoms with Gasteiger partial charge in [0.15, 0.2) is 17.5 Å². The number of hydrogen-bond acceptors (Lipinski definition) is 7. The molecule has 1 aromatic carbocycles. The van der Waals surface area contributed by atoms with Crippen molar-refractivity contribution in [3.8, 4) is 0 Å². The van der Waals surface area contributed by atoms with Gasteiger partial charge in [0.2, 0.25) is 5.95 Å². The molecule has 4 rings (SSSR count). The summed E-state index contributed by atoms with van der Waals surface area (Å²) in [5.41, 5.74) is 5.22. The topological polar surface area (TPSA) is 133 Å². The number of aliphatic imine (C=N–C) groups is 1. The quantitative estimate of drug-likeness (QED) is 0.619. The van der Waals surface area contributed by atoms with Crippen LogP contribution in [0.25, 0.3) is 11.2 Å². The molecule has 3 N–H and O–H groups in total. The van der Waals surface area contributed by atoms with Gasteiger partial charge in [-0.1, -0.05) is 26.0 Å². The number of imidazole rings is 1. The Kier molecular flexibility index (Phi) is 4.41. The number of ether oxygens (including phenoxy) is 1. The molecule has 0 aliphatic carbocycles. The highest BCUT2D eigenvalue weighted by molar-refractivity contribution is 7.84. The normalized spacial score (nSPS) is 22.0. The number of anilines is 1. The van der Waals surface area contributed by atoms with E-state index in [1.807, 2.05) is 13.8 Å². The Hall–Kier alpha value is -2.89. The van der Waals surface area contributed by atoms with E-state index in [1.165, 1.54) is 18.2 Å². The van der Waals surface area contributed by atoms with Crippen LogP contribution in [0.1, 0.15) is 25.1 Å². The fraction of sp³-hybridized carbons (Fsp3) is 0.278. The highest BCUT2D eigenvalue weighted by Crippen LogP contribution is 2.38. The van der Waals surface area contributed by atoms with Crippen molar-refractivity contribution in [2.45, 2.75) is 25.7 Å². The number of hydrogen-bond donors (Lipinski definition) is 2. The summed E-state index contributed by atoms with van der Waals surface area (Å²) in [6, 6.07) is 8.78. The molecule has 3 aromatic rings. The van der Waals surface area contributed by atoms with E-state index in [2.05, 4.69) is 15.0 Å². The molecule has 1 aliphatic heterocycles. The van der Waals surface area contributed by atoms with Crippen LogP contribution < -0.4 is 5.73 Å². The fourth-order valence-electron chi connectivity index (χ4n) is 3.24. The minimum atomic E-state index is -4.73. The number of rotatable bonds is 4. The molecule has 11 heteroatoms. The summed E-state index contributed by atoms with van der Waals surface area (Å²) < 4.78 is 53.2. The van der Waals surface area contributed by atoms with Crippen LogP contribution in [0.15, 0.2) is 41.4 Å². The summed E-state index contributed by atoms with van der Waals surface area (Å²) in [5.74, 6) is -0.791. The van der Waals surface area contributed by atoms with Crippen molar-refractivity contribution < 1.29 is 22.1 Å². The molecule has 0 fully saturated rings. The van der Waals surface area contributed by atoms with E-state index in [0.717, 1.165) is 0 Å². The molecule has 29 heavy (non-hydrogen) atoms. The Labute approximate surface area is 165 Å². The second kappa shape index (κ2) is 6.58. The molecule has 9 nitrogen and oxygen atoms in total. The molecule has 152 valence electrons. The predicted octanol–water partition coefficient (Wildman–Crippen LogP) is 2.13. The molecular formula is C18H18FN5O4S. The molecule has 3 heterocycles. The largest absolute Gasteiger partial charge is 0.368 e. The van der Waals surface area contributed by atoms with E-state index in [1.54, 1.807) is 24.4 Å². The van der Waals surface area contributed by atoms with Crippen LogP contribution in [0.3, 0.4) is 0 Å². The highest BCUT2D eigenvalue weighted by atomic mass is 32.2. The van der Waals surface area contributed by atoms with Crippen molar-refractivity contribution in [1.29, 1.82) is 0 Å². The average molecular weight is 419 g/mol. The lowest BCUT2D eigenvalue weighted by Gasteiger charge is -2.28. The van der Waals surface area contributed by atoms with Crippen molar-refractivity contribution >= 4 is 33.6 Å². The van der Waals surface area contributed by atoms with Crippen LogP contribution in [0, 0.1) is 11.7 Å². The van der Waals surface area contributed by atoms with Gasteiger partial charge in [0.25, 0.3) is 0 Å². The lowest BCUT2D eigenvalue weighted by atomic mass is 9.91. The molecule has 1 aliphatic rings. The predicted molar refractivity (Wildman–Crippen MR) is 104 cm³/mol. The number of fused-ring (bicyclic) bond motifs is 1. The lowest BCUT2D eigenvalue weighted by molar-refractivity contribution is -0.0264. The fourth-order valence-corrected chi connectivity index (χ4v) is 3.87. The summed E-state index contributed by atoms with van der Waals surface area (Å²) in [4.78, 5) is 12.7. The van der Waals surface area contributed by atoms with Crippen LogP contribution in [-0.2, 0) is 20.6 Å². The Balaban J connectivity index is 1.96. The van der Waals surface area contributed by atoms with Crippen LogP contribution >= 0.6 is 0 Å². The highest BCUT2D eigenvalue weighted by Gasteiger charge is 2.43. The van der Waals surface area contributed by atoms with Gasteiger partial charge < -0.3 is 10.5 Å². The summed E-state index contributed by atoms with van der Waals surface area (Å²) in [7, 11) is -4.73. The standard InChI is InChI=1S/C18H18FN5O4S/c1-10(2)16-21-9-18(28-16,11-3-5-12(19)6-4-11)14-8-7-13-15(23-14)24(17(20)22-13)29(25,26)27/h3-10,16H,1-2H3,(H2,20,22)(H,25,26,27). The van der Waals surface area contributed by atoms with Crippen molar-refractivity contribution in [1.82, 2.24) is 13.9 Å². The lowest BCUT2D eigenvalue weighted by Crippen LogP contribution is -2.33. The Morgan fingerprint density at radius 3 is 2.48 bits per heavy atom. The smallest absolute Gasteiger partial charge is 0.368 e. The number of nitrogens with two attached hydrogens (primary N) is 1. The molecule has 2 aromatic heterocycles. The molecule has 0 saturated heterocycles. The number of benzene rings is 1. The van der Waals surface area contributed by atoms with Crippen LogP contribution in [0.5, 0.6) is 0 Å². The van der Waals surface area contributed by atoms with Crippen LogP contribution in [0.2, 0.25) is 0 Å². The summed E-state index contributed by atoms with van der Waals surface area (Å²) in [6.45, 7) is 3.88. The molecule has 0 amide bonds. The molecule has 0 radical (unpaired) electrons. The summed E-state index contributed by atoms with van der Waals surface area (Å²) in [5, 5.41) is 0. The van der Waals surface area contributed by atoms with E-state index < -0.39 is 33.9 Å². The number of aromatic nitrogens is 3. The third kappa shape index (κ3) is 3.16. The number of nitrogen functional groups attached to an aromatic ring is 1. The summed E-state index contributed by atoms with van der Waals surface area (Å²) in [6.07, 6.45) is 1.09. The number of nitrogens with zero attached hydrogens (tertiary/aromatic N) is 4. The zero-order valence-corrected chi connectivity index (χ0v) is 16.3. The number of pyridine rings is 1. The van der Waals surface area contributed by atoms with Crippen molar-refractivity contribution in [3.63, 3.8) is 0 Å². The average Bonchev–Trinajstić information content (AvgIpc) is 3.23. The van der Waals surface area contributed by atoms with Crippen LogP contribution in [0.4, 0.5) is 10.3 Å². The zero-order valence-electron chi connectivity index (χ0n) is 15.5. The Morgan fingerprint density at radius 1 is 1.21 bits per heavy atom.